The molecule has 1 atom stereocenters. The minimum absolute atomic E-state index is 0.0318. The molecule has 0 fully saturated rings. The highest BCUT2D eigenvalue weighted by atomic mass is 32.1. The van der Waals surface area contributed by atoms with Gasteiger partial charge in [-0.05, 0) is 80.5 Å². The molecular formula is C33H54O2S. The van der Waals surface area contributed by atoms with E-state index in [0.29, 0.717) is 0 Å². The standard InChI is InChI=1S/C24H42O2.C7H8S.C2H4/c1-10-13-14-21(24(8,9)25)26-20-16-15-18(22(4,5)11-2)17-19(20)23(6,7)12-3;1-6-4-2-3-5-7(6)8;1-2/h15-17,21,25H,10-14H2,1-9H3;2-5,8H,1H3;1-2H2. The summed E-state index contributed by atoms with van der Waals surface area (Å²) >= 11 is 4.20. The van der Waals surface area contributed by atoms with Crippen molar-refractivity contribution in [3.8, 4) is 5.75 Å². The summed E-state index contributed by atoms with van der Waals surface area (Å²) in [6.45, 7) is 27.6. The van der Waals surface area contributed by atoms with E-state index in [0.717, 1.165) is 42.7 Å². The third-order valence-corrected chi connectivity index (χ3v) is 7.75. The molecule has 36 heavy (non-hydrogen) atoms. The summed E-state index contributed by atoms with van der Waals surface area (Å²) in [5, 5.41) is 10.6. The topological polar surface area (TPSA) is 29.5 Å². The van der Waals surface area contributed by atoms with Crippen LogP contribution in [0, 0.1) is 6.92 Å². The van der Waals surface area contributed by atoms with Crippen molar-refractivity contribution in [2.75, 3.05) is 0 Å². The van der Waals surface area contributed by atoms with Crippen LogP contribution in [0.15, 0.2) is 60.5 Å². The van der Waals surface area contributed by atoms with Crippen LogP contribution in [-0.4, -0.2) is 16.8 Å². The first kappa shape index (κ1) is 34.3. The third-order valence-electron chi connectivity index (χ3n) is 7.25. The van der Waals surface area contributed by atoms with E-state index in [4.69, 9.17) is 4.74 Å². The van der Waals surface area contributed by atoms with E-state index in [1.807, 2.05) is 45.0 Å². The van der Waals surface area contributed by atoms with Gasteiger partial charge in [0, 0.05) is 10.5 Å². The van der Waals surface area contributed by atoms with Crippen LogP contribution in [0.5, 0.6) is 5.75 Å². The first-order valence-corrected chi connectivity index (χ1v) is 13.9. The second-order valence-electron chi connectivity index (χ2n) is 11.4. The normalized spacial score (nSPS) is 12.6. The molecular weight excluding hydrogens is 460 g/mol. The van der Waals surface area contributed by atoms with Crippen LogP contribution in [0.4, 0.5) is 0 Å². The summed E-state index contributed by atoms with van der Waals surface area (Å²) in [7, 11) is 0. The van der Waals surface area contributed by atoms with Crippen LogP contribution in [0.2, 0.25) is 0 Å². The Bertz CT molecular complexity index is 872. The fraction of sp³-hybridized carbons (Fsp3) is 0.576. The van der Waals surface area contributed by atoms with Gasteiger partial charge < -0.3 is 9.84 Å². The lowest BCUT2D eigenvalue weighted by molar-refractivity contribution is -0.0388. The average Bonchev–Trinajstić information content (AvgIpc) is 2.84. The van der Waals surface area contributed by atoms with Crippen molar-refractivity contribution < 1.29 is 9.84 Å². The van der Waals surface area contributed by atoms with Crippen LogP contribution in [0.25, 0.3) is 0 Å². The van der Waals surface area contributed by atoms with Crippen molar-refractivity contribution in [3.63, 3.8) is 0 Å². The van der Waals surface area contributed by atoms with E-state index in [2.05, 4.69) is 92.5 Å². The Balaban J connectivity index is 0.00000102. The molecule has 2 rings (SSSR count). The molecule has 0 amide bonds. The molecule has 2 aromatic carbocycles. The number of ether oxygens (including phenoxy) is 1. The van der Waals surface area contributed by atoms with E-state index in [9.17, 15) is 5.11 Å². The maximum absolute atomic E-state index is 10.6. The minimum atomic E-state index is -0.857. The Labute approximate surface area is 229 Å². The van der Waals surface area contributed by atoms with Gasteiger partial charge in [0.2, 0.25) is 0 Å². The van der Waals surface area contributed by atoms with E-state index >= 15 is 0 Å². The van der Waals surface area contributed by atoms with Crippen LogP contribution >= 0.6 is 12.6 Å². The molecule has 1 N–H and O–H groups in total. The number of hydrogen-bond donors (Lipinski definition) is 2. The molecule has 1 unspecified atom stereocenters. The summed E-state index contributed by atoms with van der Waals surface area (Å²) in [4.78, 5) is 1.06. The van der Waals surface area contributed by atoms with Gasteiger partial charge >= 0.3 is 0 Å². The smallest absolute Gasteiger partial charge is 0.127 e. The van der Waals surface area contributed by atoms with E-state index in [1.165, 1.54) is 16.7 Å². The van der Waals surface area contributed by atoms with Gasteiger partial charge in [0.1, 0.15) is 11.9 Å². The molecule has 0 heterocycles. The molecule has 0 aliphatic heterocycles. The Morgan fingerprint density at radius 3 is 1.86 bits per heavy atom. The molecule has 0 saturated heterocycles. The van der Waals surface area contributed by atoms with E-state index < -0.39 is 5.60 Å². The van der Waals surface area contributed by atoms with Gasteiger partial charge in [0.05, 0.1) is 5.60 Å². The Kier molecular flexibility index (Phi) is 14.8. The Morgan fingerprint density at radius 2 is 1.44 bits per heavy atom. The van der Waals surface area contributed by atoms with Gasteiger partial charge in [-0.25, -0.2) is 0 Å². The number of aryl methyl sites for hydroxylation is 1. The number of benzene rings is 2. The Morgan fingerprint density at radius 1 is 0.889 bits per heavy atom. The molecule has 3 heteroatoms. The van der Waals surface area contributed by atoms with Gasteiger partial charge in [-0.3, -0.25) is 0 Å². The number of hydrogen-bond acceptors (Lipinski definition) is 3. The zero-order chi connectivity index (χ0) is 28.2. The van der Waals surface area contributed by atoms with E-state index in [1.54, 1.807) is 0 Å². The van der Waals surface area contributed by atoms with Gasteiger partial charge in [-0.2, -0.15) is 0 Å². The summed E-state index contributed by atoms with van der Waals surface area (Å²) in [5.74, 6) is 0.927. The number of unbranched alkanes of at least 4 members (excludes halogenated alkanes) is 1. The second-order valence-corrected chi connectivity index (χ2v) is 11.9. The van der Waals surface area contributed by atoms with Crippen LogP contribution in [0.1, 0.15) is 111 Å². The highest BCUT2D eigenvalue weighted by molar-refractivity contribution is 7.80. The first-order chi connectivity index (χ1) is 16.7. The number of thiol groups is 1. The van der Waals surface area contributed by atoms with Crippen molar-refractivity contribution in [3.05, 3.63) is 72.3 Å². The second kappa shape index (κ2) is 15.5. The van der Waals surface area contributed by atoms with Crippen molar-refractivity contribution >= 4 is 12.6 Å². The third kappa shape index (κ3) is 10.7. The summed E-state index contributed by atoms with van der Waals surface area (Å²) in [6, 6.07) is 14.7. The van der Waals surface area contributed by atoms with Gasteiger partial charge in [-0.15, -0.1) is 25.8 Å². The van der Waals surface area contributed by atoms with Crippen LogP contribution in [-0.2, 0) is 10.8 Å². The molecule has 0 aliphatic rings. The molecule has 0 aliphatic carbocycles. The van der Waals surface area contributed by atoms with Gasteiger partial charge in [0.25, 0.3) is 0 Å². The largest absolute Gasteiger partial charge is 0.487 e. The van der Waals surface area contributed by atoms with Crippen molar-refractivity contribution in [1.29, 1.82) is 0 Å². The van der Waals surface area contributed by atoms with E-state index in [-0.39, 0.29) is 16.9 Å². The summed E-state index contributed by atoms with van der Waals surface area (Å²) in [5.41, 5.74) is 3.17. The molecule has 2 nitrogen and oxygen atoms in total. The fourth-order valence-electron chi connectivity index (χ4n) is 3.64. The lowest BCUT2D eigenvalue weighted by Gasteiger charge is -2.34. The first-order valence-electron chi connectivity index (χ1n) is 13.5. The number of rotatable bonds is 10. The average molecular weight is 515 g/mol. The lowest BCUT2D eigenvalue weighted by Crippen LogP contribution is -2.41. The molecule has 204 valence electrons. The molecule has 0 aromatic heterocycles. The summed E-state index contributed by atoms with van der Waals surface area (Å²) < 4.78 is 6.45. The predicted octanol–water partition coefficient (Wildman–Crippen LogP) is 9.86. The molecule has 0 spiro atoms. The van der Waals surface area contributed by atoms with Gasteiger partial charge in [-0.1, -0.05) is 85.2 Å². The molecule has 0 bridgehead atoms. The SMILES string of the molecule is C=C.CCCCC(Oc1ccc(C(C)(C)CC)cc1C(C)(C)CC)C(C)(C)O.Cc1ccccc1S. The molecule has 0 saturated carbocycles. The molecule has 2 aromatic rings. The van der Waals surface area contributed by atoms with Crippen molar-refractivity contribution in [2.45, 2.75) is 129 Å². The molecule has 0 radical (unpaired) electrons. The fourth-order valence-corrected chi connectivity index (χ4v) is 3.80. The van der Waals surface area contributed by atoms with Crippen molar-refractivity contribution in [2.24, 2.45) is 0 Å². The predicted molar refractivity (Wildman–Crippen MR) is 163 cm³/mol. The monoisotopic (exact) mass is 514 g/mol. The van der Waals surface area contributed by atoms with Crippen molar-refractivity contribution in [1.82, 2.24) is 0 Å². The zero-order valence-corrected chi connectivity index (χ0v) is 25.8. The zero-order valence-electron chi connectivity index (χ0n) is 24.9. The van der Waals surface area contributed by atoms with Crippen LogP contribution in [0.3, 0.4) is 0 Å². The minimum Gasteiger partial charge on any atom is -0.487 e. The number of aliphatic hydroxyl groups is 1. The maximum Gasteiger partial charge on any atom is 0.127 e. The maximum atomic E-state index is 10.6. The highest BCUT2D eigenvalue weighted by Crippen LogP contribution is 2.39. The quantitative estimate of drug-likeness (QED) is 0.244. The van der Waals surface area contributed by atoms with Crippen LogP contribution < -0.4 is 4.74 Å². The Hall–Kier alpha value is -1.71. The summed E-state index contributed by atoms with van der Waals surface area (Å²) in [6.07, 6.45) is 4.98. The highest BCUT2D eigenvalue weighted by Gasteiger charge is 2.32. The van der Waals surface area contributed by atoms with Gasteiger partial charge in [0.15, 0.2) is 0 Å². The lowest BCUT2D eigenvalue weighted by atomic mass is 9.76.